The van der Waals surface area contributed by atoms with Gasteiger partial charge in [0.15, 0.2) is 0 Å². The van der Waals surface area contributed by atoms with Crippen molar-refractivity contribution in [2.24, 2.45) is 0 Å². The van der Waals surface area contributed by atoms with E-state index in [1.165, 1.54) is 67.1 Å². The number of rotatable bonds is 3. The van der Waals surface area contributed by atoms with Gasteiger partial charge in [-0.1, -0.05) is 73.4 Å². The van der Waals surface area contributed by atoms with Crippen molar-refractivity contribution in [1.82, 2.24) is 0 Å². The minimum atomic E-state index is 0.524. The number of allylic oxidation sites excluding steroid dienone is 2. The van der Waals surface area contributed by atoms with E-state index in [2.05, 4.69) is 107 Å². The minimum absolute atomic E-state index is 0.524. The zero-order chi connectivity index (χ0) is 20.3. The molecule has 0 aliphatic heterocycles. The Morgan fingerprint density at radius 2 is 1.45 bits per heavy atom. The second-order valence-electron chi connectivity index (χ2n) is 8.57. The lowest BCUT2D eigenvalue weighted by molar-refractivity contribution is 0.611. The molecule has 0 N–H and O–H groups in total. The maximum Gasteiger partial charge on any atom is 0.0250 e. The molecule has 3 aromatic rings. The predicted octanol–water partition coefficient (Wildman–Crippen LogP) is 9.15. The lowest BCUT2D eigenvalue weighted by Crippen LogP contribution is -2.04. The highest BCUT2D eigenvalue weighted by Crippen LogP contribution is 2.47. The standard InChI is InChI=1S/C27H24Br2/c1-15-11-24-17(3)22-8-7-19(28)13-18(22)14-25(24)21(15)10-9-20-16(2)12-26-23(20)5-4-6-27(26)29/h4-8,11-14,20-21H,9-10H2,1-3H3. The van der Waals surface area contributed by atoms with E-state index in [9.17, 15) is 0 Å². The largest absolute Gasteiger partial charge is 0.0652 e. The lowest BCUT2D eigenvalue weighted by Gasteiger charge is -2.20. The predicted molar refractivity (Wildman–Crippen MR) is 133 cm³/mol. The fraction of sp³-hybridized carbons (Fsp3) is 0.259. The number of aryl methyl sites for hydroxylation is 1. The van der Waals surface area contributed by atoms with Crippen molar-refractivity contribution in [3.63, 3.8) is 0 Å². The fourth-order valence-corrected chi connectivity index (χ4v) is 6.21. The summed E-state index contributed by atoms with van der Waals surface area (Å²) >= 11 is 7.37. The van der Waals surface area contributed by atoms with Crippen molar-refractivity contribution >= 4 is 54.8 Å². The van der Waals surface area contributed by atoms with Crippen molar-refractivity contribution in [2.45, 2.75) is 45.4 Å². The molecule has 0 aromatic heterocycles. The molecular weight excluding hydrogens is 484 g/mol. The molecule has 0 radical (unpaired) electrons. The van der Waals surface area contributed by atoms with Crippen molar-refractivity contribution in [3.8, 4) is 0 Å². The molecule has 0 saturated heterocycles. The average molecular weight is 508 g/mol. The van der Waals surface area contributed by atoms with Gasteiger partial charge in [-0.15, -0.1) is 0 Å². The third-order valence-electron chi connectivity index (χ3n) is 6.87. The summed E-state index contributed by atoms with van der Waals surface area (Å²) in [5.41, 5.74) is 10.2. The Kier molecular flexibility index (Phi) is 4.83. The molecule has 29 heavy (non-hydrogen) atoms. The zero-order valence-corrected chi connectivity index (χ0v) is 20.2. The van der Waals surface area contributed by atoms with E-state index < -0.39 is 0 Å². The van der Waals surface area contributed by atoms with Crippen LogP contribution in [-0.4, -0.2) is 0 Å². The van der Waals surface area contributed by atoms with E-state index in [-0.39, 0.29) is 0 Å². The van der Waals surface area contributed by atoms with Gasteiger partial charge in [0.05, 0.1) is 0 Å². The summed E-state index contributed by atoms with van der Waals surface area (Å²) in [6.07, 6.45) is 7.18. The molecule has 146 valence electrons. The molecule has 0 nitrogen and oxygen atoms in total. The summed E-state index contributed by atoms with van der Waals surface area (Å²) < 4.78 is 2.37. The molecule has 0 saturated carbocycles. The van der Waals surface area contributed by atoms with Gasteiger partial charge in [0.2, 0.25) is 0 Å². The zero-order valence-electron chi connectivity index (χ0n) is 17.0. The van der Waals surface area contributed by atoms with Crippen LogP contribution in [0.2, 0.25) is 0 Å². The average Bonchev–Trinajstić information content (AvgIpc) is 3.17. The van der Waals surface area contributed by atoms with Crippen LogP contribution in [0.25, 0.3) is 22.9 Å². The molecule has 3 aromatic carbocycles. The first-order valence-electron chi connectivity index (χ1n) is 10.3. The molecule has 0 fully saturated rings. The van der Waals surface area contributed by atoms with E-state index in [0.717, 1.165) is 4.47 Å². The van der Waals surface area contributed by atoms with Crippen molar-refractivity contribution in [2.75, 3.05) is 0 Å². The van der Waals surface area contributed by atoms with Crippen LogP contribution in [0.4, 0.5) is 0 Å². The molecular formula is C27H24Br2. The molecule has 2 unspecified atom stereocenters. The number of benzene rings is 3. The van der Waals surface area contributed by atoms with Crippen LogP contribution < -0.4 is 0 Å². The van der Waals surface area contributed by atoms with Gasteiger partial charge in [0.1, 0.15) is 0 Å². The molecule has 2 heteroatoms. The highest BCUT2D eigenvalue weighted by Gasteiger charge is 2.29. The Labute approximate surface area is 190 Å². The van der Waals surface area contributed by atoms with E-state index in [4.69, 9.17) is 0 Å². The first-order chi connectivity index (χ1) is 13.9. The van der Waals surface area contributed by atoms with Crippen LogP contribution in [0.5, 0.6) is 0 Å². The Hall–Kier alpha value is -1.64. The Morgan fingerprint density at radius 1 is 0.759 bits per heavy atom. The molecule has 0 bridgehead atoms. The summed E-state index contributed by atoms with van der Waals surface area (Å²) in [7, 11) is 0. The highest BCUT2D eigenvalue weighted by molar-refractivity contribution is 9.10. The quantitative estimate of drug-likeness (QED) is 0.331. The number of fused-ring (bicyclic) bond motifs is 3. The Balaban J connectivity index is 1.48. The summed E-state index contributed by atoms with van der Waals surface area (Å²) in [6.45, 7) is 6.88. The van der Waals surface area contributed by atoms with Crippen LogP contribution in [0, 0.1) is 6.92 Å². The van der Waals surface area contributed by atoms with Crippen LogP contribution >= 0.6 is 31.9 Å². The maximum absolute atomic E-state index is 3.73. The third-order valence-corrected chi connectivity index (χ3v) is 8.05. The van der Waals surface area contributed by atoms with E-state index in [0.29, 0.717) is 11.8 Å². The Bertz CT molecular complexity index is 1210. The van der Waals surface area contributed by atoms with Crippen LogP contribution in [0.1, 0.15) is 66.3 Å². The van der Waals surface area contributed by atoms with E-state index >= 15 is 0 Å². The summed E-state index contributed by atoms with van der Waals surface area (Å²) in [6, 6.07) is 15.7. The van der Waals surface area contributed by atoms with Gasteiger partial charge >= 0.3 is 0 Å². The molecule has 2 atom stereocenters. The van der Waals surface area contributed by atoms with Gasteiger partial charge in [-0.3, -0.25) is 0 Å². The van der Waals surface area contributed by atoms with Gasteiger partial charge in [-0.05, 0) is 96.5 Å². The second-order valence-corrected chi connectivity index (χ2v) is 10.3. The monoisotopic (exact) mass is 506 g/mol. The Morgan fingerprint density at radius 3 is 2.21 bits per heavy atom. The smallest absolute Gasteiger partial charge is 0.0250 e. The number of hydrogen-bond donors (Lipinski definition) is 0. The van der Waals surface area contributed by atoms with Gasteiger partial charge < -0.3 is 0 Å². The van der Waals surface area contributed by atoms with Gasteiger partial charge in [-0.25, -0.2) is 0 Å². The molecule has 5 rings (SSSR count). The summed E-state index contributed by atoms with van der Waals surface area (Å²) in [5.74, 6) is 1.06. The van der Waals surface area contributed by atoms with Gasteiger partial charge in [0, 0.05) is 20.8 Å². The van der Waals surface area contributed by atoms with Crippen molar-refractivity contribution in [1.29, 1.82) is 0 Å². The van der Waals surface area contributed by atoms with Crippen LogP contribution in [-0.2, 0) is 0 Å². The first-order valence-corrected chi connectivity index (χ1v) is 11.9. The minimum Gasteiger partial charge on any atom is -0.0652 e. The number of hydrogen-bond acceptors (Lipinski definition) is 0. The van der Waals surface area contributed by atoms with E-state index in [1.807, 2.05) is 0 Å². The summed E-state index contributed by atoms with van der Waals surface area (Å²) in [5, 5.41) is 2.71. The number of halogens is 2. The summed E-state index contributed by atoms with van der Waals surface area (Å²) in [4.78, 5) is 0. The molecule has 0 amide bonds. The van der Waals surface area contributed by atoms with Crippen LogP contribution in [0.15, 0.2) is 62.6 Å². The topological polar surface area (TPSA) is 0 Å². The van der Waals surface area contributed by atoms with Gasteiger partial charge in [0.25, 0.3) is 0 Å². The maximum atomic E-state index is 3.73. The lowest BCUT2D eigenvalue weighted by atomic mass is 9.84. The normalized spacial score (nSPS) is 19.9. The molecule has 2 aliphatic carbocycles. The van der Waals surface area contributed by atoms with Crippen molar-refractivity contribution < 1.29 is 0 Å². The van der Waals surface area contributed by atoms with Crippen molar-refractivity contribution in [3.05, 3.63) is 90.4 Å². The highest BCUT2D eigenvalue weighted by atomic mass is 79.9. The molecule has 2 aliphatic rings. The second kappa shape index (κ2) is 7.25. The van der Waals surface area contributed by atoms with E-state index in [1.54, 1.807) is 0 Å². The molecule has 0 spiro atoms. The molecule has 0 heterocycles. The first kappa shape index (κ1) is 19.3. The fourth-order valence-electron chi connectivity index (χ4n) is 5.34. The SMILES string of the molecule is CC1=Cc2c(Br)cccc2C1CCC1C(C)=Cc2c1cc1cc(Br)ccc1c2C. The van der Waals surface area contributed by atoms with Crippen LogP contribution in [0.3, 0.4) is 0 Å². The third kappa shape index (κ3) is 3.16. The van der Waals surface area contributed by atoms with Gasteiger partial charge in [-0.2, -0.15) is 0 Å².